The number of nitrogens with one attached hydrogen (secondary N) is 1. The third kappa shape index (κ3) is 3.70. The van der Waals surface area contributed by atoms with Crippen LogP contribution >= 0.6 is 11.6 Å². The predicted molar refractivity (Wildman–Crippen MR) is 112 cm³/mol. The molecule has 1 aliphatic carbocycles. The van der Waals surface area contributed by atoms with Crippen molar-refractivity contribution in [2.75, 3.05) is 13.7 Å². The second-order valence-corrected chi connectivity index (χ2v) is 9.96. The average Bonchev–Trinajstić information content (AvgIpc) is 2.74. The van der Waals surface area contributed by atoms with E-state index in [0.717, 1.165) is 4.31 Å². The lowest BCUT2D eigenvalue weighted by molar-refractivity contribution is 0.0172. The largest absolute Gasteiger partial charge is 0.369 e. The van der Waals surface area contributed by atoms with Crippen molar-refractivity contribution in [2.24, 2.45) is 10.7 Å². The van der Waals surface area contributed by atoms with Crippen LogP contribution in [0.2, 0.25) is 5.02 Å². The maximum atomic E-state index is 15.0. The van der Waals surface area contributed by atoms with Crippen molar-refractivity contribution in [3.05, 3.63) is 52.6 Å². The topological polar surface area (TPSA) is 127 Å². The number of ether oxygens (including phenoxy) is 1. The Morgan fingerprint density at radius 1 is 1.45 bits per heavy atom. The van der Waals surface area contributed by atoms with Gasteiger partial charge in [0, 0.05) is 25.4 Å². The highest BCUT2D eigenvalue weighted by Crippen LogP contribution is 2.46. The van der Waals surface area contributed by atoms with Crippen LogP contribution < -0.4 is 11.1 Å². The molecule has 1 saturated heterocycles. The summed E-state index contributed by atoms with van der Waals surface area (Å²) in [5.41, 5.74) is 3.13. The molecule has 2 aliphatic heterocycles. The quantitative estimate of drug-likeness (QED) is 0.690. The number of pyridine rings is 1. The van der Waals surface area contributed by atoms with Crippen molar-refractivity contribution in [3.8, 4) is 0 Å². The summed E-state index contributed by atoms with van der Waals surface area (Å²) in [5, 5.41) is 3.16. The van der Waals surface area contributed by atoms with Gasteiger partial charge in [0.25, 0.3) is 15.9 Å². The second-order valence-electron chi connectivity index (χ2n) is 7.52. The van der Waals surface area contributed by atoms with E-state index < -0.39 is 38.8 Å². The summed E-state index contributed by atoms with van der Waals surface area (Å²) in [7, 11) is -2.74. The summed E-state index contributed by atoms with van der Waals surface area (Å²) < 4.78 is 47.4. The Hall–Kier alpha value is -2.50. The molecule has 1 amide bonds. The van der Waals surface area contributed by atoms with Crippen LogP contribution in [0.15, 0.2) is 46.9 Å². The van der Waals surface area contributed by atoms with Crippen molar-refractivity contribution < 1.29 is 22.3 Å². The molecule has 9 nitrogen and oxygen atoms in total. The minimum Gasteiger partial charge on any atom is -0.369 e. The van der Waals surface area contributed by atoms with Crippen molar-refractivity contribution >= 4 is 33.5 Å². The zero-order valence-corrected chi connectivity index (χ0v) is 18.2. The number of sulfonamides is 1. The van der Waals surface area contributed by atoms with Crippen LogP contribution in [0.25, 0.3) is 0 Å². The lowest BCUT2D eigenvalue weighted by Crippen LogP contribution is -2.62. The first-order valence-electron chi connectivity index (χ1n) is 9.60. The van der Waals surface area contributed by atoms with Gasteiger partial charge in [-0.05, 0) is 37.5 Å². The SMILES string of the molecule is CN1C(N)=N[C@@]2(C3=CC(NC(=O)c4ccc(Cl)cn4)CC=C3F)CCCOC2S1(=O)=O. The van der Waals surface area contributed by atoms with Crippen molar-refractivity contribution in [1.82, 2.24) is 14.6 Å². The molecule has 0 spiro atoms. The molecular weight excluding hydrogens is 449 g/mol. The highest BCUT2D eigenvalue weighted by Gasteiger charge is 2.57. The van der Waals surface area contributed by atoms with E-state index in [1.54, 1.807) is 0 Å². The number of halogens is 2. The summed E-state index contributed by atoms with van der Waals surface area (Å²) in [6.07, 6.45) is 5.03. The van der Waals surface area contributed by atoms with Gasteiger partial charge in [0.15, 0.2) is 0 Å². The van der Waals surface area contributed by atoms with Crippen LogP contribution in [-0.2, 0) is 14.8 Å². The molecule has 0 saturated carbocycles. The number of nitrogens with zero attached hydrogens (tertiary/aromatic N) is 3. The molecular formula is C19H21ClFN5O4S. The number of fused-ring (bicyclic) bond motifs is 1. The summed E-state index contributed by atoms with van der Waals surface area (Å²) >= 11 is 5.80. The van der Waals surface area contributed by atoms with Gasteiger partial charge in [-0.2, -0.15) is 0 Å². The summed E-state index contributed by atoms with van der Waals surface area (Å²) in [5.74, 6) is -1.32. The third-order valence-electron chi connectivity index (χ3n) is 5.57. The number of nitrogens with two attached hydrogens (primary N) is 1. The van der Waals surface area contributed by atoms with Crippen LogP contribution in [-0.4, -0.2) is 60.2 Å². The first-order chi connectivity index (χ1) is 14.6. The lowest BCUT2D eigenvalue weighted by Gasteiger charge is -2.46. The molecule has 3 N–H and O–H groups in total. The molecule has 31 heavy (non-hydrogen) atoms. The Morgan fingerprint density at radius 3 is 2.94 bits per heavy atom. The molecule has 4 rings (SSSR count). The maximum Gasteiger partial charge on any atom is 0.270 e. The zero-order chi connectivity index (χ0) is 22.4. The Bertz CT molecular complexity index is 1100. The van der Waals surface area contributed by atoms with Crippen LogP contribution in [0.5, 0.6) is 0 Å². The number of rotatable bonds is 3. The number of hydrogen-bond acceptors (Lipinski definition) is 7. The molecule has 0 bridgehead atoms. The molecule has 3 aliphatic rings. The highest BCUT2D eigenvalue weighted by atomic mass is 35.5. The minimum atomic E-state index is -4.02. The van der Waals surface area contributed by atoms with Crippen molar-refractivity contribution in [1.29, 1.82) is 0 Å². The van der Waals surface area contributed by atoms with Crippen LogP contribution in [0.3, 0.4) is 0 Å². The standard InChI is InChI=1S/C19H21ClFN5O4S/c1-26-18(22)25-19(7-2-8-30-17(19)31(26,28)29)13-9-12(4-5-14(13)21)24-16(27)15-6-3-11(20)10-23-15/h3,5-6,9-10,12,17H,2,4,7-8H2,1H3,(H2,22,25)(H,24,27)/t12?,17?,19-/m1/s1. The molecule has 3 heterocycles. The van der Waals surface area contributed by atoms with Gasteiger partial charge in [-0.15, -0.1) is 0 Å². The number of guanidine groups is 1. The minimum absolute atomic E-state index is 0.0393. The number of aromatic nitrogens is 1. The predicted octanol–water partition coefficient (Wildman–Crippen LogP) is 1.48. The number of amides is 1. The number of carbonyl (C=O) groups is 1. The maximum absolute atomic E-state index is 15.0. The van der Waals surface area contributed by atoms with E-state index in [9.17, 15) is 13.2 Å². The van der Waals surface area contributed by atoms with Crippen LogP contribution in [0.1, 0.15) is 29.8 Å². The smallest absolute Gasteiger partial charge is 0.270 e. The van der Waals surface area contributed by atoms with Gasteiger partial charge >= 0.3 is 0 Å². The van der Waals surface area contributed by atoms with E-state index >= 15 is 4.39 Å². The summed E-state index contributed by atoms with van der Waals surface area (Å²) in [4.78, 5) is 20.9. The van der Waals surface area contributed by atoms with Crippen LogP contribution in [0.4, 0.5) is 4.39 Å². The summed E-state index contributed by atoms with van der Waals surface area (Å²) in [6.45, 7) is 0.204. The van der Waals surface area contributed by atoms with Crippen LogP contribution in [0, 0.1) is 0 Å². The van der Waals surface area contributed by atoms with Gasteiger partial charge in [0.2, 0.25) is 11.4 Å². The van der Waals surface area contributed by atoms with Gasteiger partial charge in [0.1, 0.15) is 17.1 Å². The monoisotopic (exact) mass is 469 g/mol. The van der Waals surface area contributed by atoms with E-state index in [1.165, 1.54) is 37.5 Å². The molecule has 166 valence electrons. The van der Waals surface area contributed by atoms with E-state index in [4.69, 9.17) is 22.1 Å². The van der Waals surface area contributed by atoms with Crippen molar-refractivity contribution in [3.63, 3.8) is 0 Å². The highest BCUT2D eigenvalue weighted by molar-refractivity contribution is 7.90. The molecule has 12 heteroatoms. The Morgan fingerprint density at radius 2 is 2.23 bits per heavy atom. The van der Waals surface area contributed by atoms with E-state index in [2.05, 4.69) is 15.3 Å². The fourth-order valence-corrected chi connectivity index (χ4v) is 5.75. The molecule has 0 radical (unpaired) electrons. The van der Waals surface area contributed by atoms with E-state index in [0.29, 0.717) is 11.4 Å². The van der Waals surface area contributed by atoms with Gasteiger partial charge in [-0.25, -0.2) is 27.1 Å². The van der Waals surface area contributed by atoms with Gasteiger partial charge in [-0.3, -0.25) is 4.79 Å². The third-order valence-corrected chi connectivity index (χ3v) is 7.81. The Labute approximate surface area is 183 Å². The molecule has 1 aromatic heterocycles. The molecule has 0 aromatic carbocycles. The normalized spacial score (nSPS) is 29.9. The lowest BCUT2D eigenvalue weighted by atomic mass is 9.80. The number of hydrogen-bond donors (Lipinski definition) is 2. The summed E-state index contributed by atoms with van der Waals surface area (Å²) in [6, 6.07) is 2.41. The number of carbonyl (C=O) groups excluding carboxylic acids is 1. The fraction of sp³-hybridized carbons (Fsp3) is 0.421. The zero-order valence-electron chi connectivity index (χ0n) is 16.6. The first-order valence-corrected chi connectivity index (χ1v) is 11.5. The molecule has 2 unspecified atom stereocenters. The number of aliphatic imine (C=N–C) groups is 1. The Balaban J connectivity index is 1.70. The molecule has 1 fully saturated rings. The van der Waals surface area contributed by atoms with Crippen molar-refractivity contribution in [2.45, 2.75) is 36.3 Å². The fourth-order valence-electron chi connectivity index (χ4n) is 3.99. The molecule has 3 atom stereocenters. The van der Waals surface area contributed by atoms with Gasteiger partial charge < -0.3 is 15.8 Å². The van der Waals surface area contributed by atoms with E-state index in [-0.39, 0.29) is 36.7 Å². The van der Waals surface area contributed by atoms with Gasteiger partial charge in [-0.1, -0.05) is 17.7 Å². The second kappa shape index (κ2) is 7.88. The van der Waals surface area contributed by atoms with E-state index in [1.807, 2.05) is 0 Å². The average molecular weight is 470 g/mol. The Kier molecular flexibility index (Phi) is 5.52. The molecule has 1 aromatic rings. The first kappa shape index (κ1) is 21.7. The van der Waals surface area contributed by atoms with Gasteiger partial charge in [0.05, 0.1) is 11.1 Å².